The lowest BCUT2D eigenvalue weighted by Crippen LogP contribution is -2.28. The molecule has 0 saturated carbocycles. The fraction of sp³-hybridized carbons (Fsp3) is 0.385. The maximum Gasteiger partial charge on any atom is 0.315 e. The van der Waals surface area contributed by atoms with Gasteiger partial charge in [0.1, 0.15) is 6.42 Å². The summed E-state index contributed by atoms with van der Waals surface area (Å²) in [4.78, 5) is 24.2. The van der Waals surface area contributed by atoms with E-state index in [1.165, 1.54) is 12.0 Å². The summed E-state index contributed by atoms with van der Waals surface area (Å²) < 4.78 is 14.9. The summed E-state index contributed by atoms with van der Waals surface area (Å²) >= 11 is 0. The van der Waals surface area contributed by atoms with Crippen LogP contribution in [0.5, 0.6) is 11.5 Å². The van der Waals surface area contributed by atoms with Crippen molar-refractivity contribution >= 4 is 11.9 Å². The maximum absolute atomic E-state index is 11.7. The molecule has 0 atom stereocenters. The second-order valence-electron chi connectivity index (χ2n) is 4.19. The molecule has 0 fully saturated rings. The number of ether oxygens (including phenoxy) is 3. The first kappa shape index (κ1) is 13.2. The highest BCUT2D eigenvalue weighted by Gasteiger charge is 2.17. The molecule has 19 heavy (non-hydrogen) atoms. The van der Waals surface area contributed by atoms with Gasteiger partial charge in [-0.2, -0.15) is 0 Å². The highest BCUT2D eigenvalue weighted by Crippen LogP contribution is 2.32. The lowest BCUT2D eigenvalue weighted by atomic mass is 10.2. The molecule has 6 nitrogen and oxygen atoms in total. The van der Waals surface area contributed by atoms with Gasteiger partial charge in [-0.15, -0.1) is 0 Å². The van der Waals surface area contributed by atoms with Gasteiger partial charge in [-0.1, -0.05) is 6.07 Å². The average molecular weight is 265 g/mol. The summed E-state index contributed by atoms with van der Waals surface area (Å²) in [6.07, 6.45) is -0.252. The molecule has 0 unspecified atom stereocenters. The van der Waals surface area contributed by atoms with Crippen LogP contribution in [-0.2, 0) is 20.9 Å². The Labute approximate surface area is 110 Å². The predicted octanol–water partition coefficient (Wildman–Crippen LogP) is 0.937. The normalized spacial score (nSPS) is 12.1. The number of hydrogen-bond acceptors (Lipinski definition) is 5. The van der Waals surface area contributed by atoms with E-state index in [9.17, 15) is 9.59 Å². The van der Waals surface area contributed by atoms with Gasteiger partial charge in [-0.25, -0.2) is 0 Å². The number of fused-ring (bicyclic) bond motifs is 1. The molecule has 0 aliphatic carbocycles. The summed E-state index contributed by atoms with van der Waals surface area (Å²) in [5.74, 6) is 0.547. The molecule has 0 spiro atoms. The summed E-state index contributed by atoms with van der Waals surface area (Å²) in [5.41, 5.74) is 0.907. The molecule has 1 heterocycles. The molecule has 1 aliphatic rings. The minimum Gasteiger partial charge on any atom is -0.469 e. The smallest absolute Gasteiger partial charge is 0.315 e. The molecule has 1 aromatic rings. The fourth-order valence-electron chi connectivity index (χ4n) is 1.73. The number of carbonyl (C=O) groups excluding carboxylic acids is 2. The fourth-order valence-corrected chi connectivity index (χ4v) is 1.73. The number of methoxy groups -OCH3 is 1. The molecule has 1 aliphatic heterocycles. The van der Waals surface area contributed by atoms with E-state index in [1.807, 2.05) is 12.1 Å². The molecule has 0 N–H and O–H groups in total. The quantitative estimate of drug-likeness (QED) is 0.598. The van der Waals surface area contributed by atoms with Crippen LogP contribution < -0.4 is 9.47 Å². The lowest BCUT2D eigenvalue weighted by Gasteiger charge is -2.16. The summed E-state index contributed by atoms with van der Waals surface area (Å²) in [7, 11) is 2.89. The van der Waals surface area contributed by atoms with E-state index >= 15 is 0 Å². The monoisotopic (exact) mass is 265 g/mol. The van der Waals surface area contributed by atoms with Gasteiger partial charge in [-0.3, -0.25) is 9.59 Å². The zero-order chi connectivity index (χ0) is 13.8. The topological polar surface area (TPSA) is 65.1 Å². The zero-order valence-corrected chi connectivity index (χ0v) is 10.8. The second kappa shape index (κ2) is 5.60. The van der Waals surface area contributed by atoms with Crippen molar-refractivity contribution < 1.29 is 23.8 Å². The molecule has 6 heteroatoms. The Morgan fingerprint density at radius 3 is 2.79 bits per heavy atom. The molecule has 0 saturated heterocycles. The Balaban J connectivity index is 1.97. The van der Waals surface area contributed by atoms with Crippen LogP contribution in [0.15, 0.2) is 18.2 Å². The number of hydrogen-bond donors (Lipinski definition) is 0. The molecule has 0 radical (unpaired) electrons. The van der Waals surface area contributed by atoms with Gasteiger partial charge in [0.25, 0.3) is 0 Å². The van der Waals surface area contributed by atoms with Crippen LogP contribution >= 0.6 is 0 Å². The third-order valence-electron chi connectivity index (χ3n) is 2.81. The third kappa shape index (κ3) is 3.15. The van der Waals surface area contributed by atoms with Gasteiger partial charge in [0.15, 0.2) is 11.5 Å². The van der Waals surface area contributed by atoms with E-state index in [2.05, 4.69) is 4.74 Å². The van der Waals surface area contributed by atoms with Crippen molar-refractivity contribution in [2.45, 2.75) is 13.0 Å². The minimum absolute atomic E-state index is 0.218. The lowest BCUT2D eigenvalue weighted by molar-refractivity contribution is -0.146. The number of carbonyl (C=O) groups is 2. The van der Waals surface area contributed by atoms with Gasteiger partial charge in [0, 0.05) is 13.6 Å². The Morgan fingerprint density at radius 2 is 2.05 bits per heavy atom. The first-order chi connectivity index (χ1) is 9.10. The van der Waals surface area contributed by atoms with E-state index in [0.717, 1.165) is 5.56 Å². The van der Waals surface area contributed by atoms with Crippen molar-refractivity contribution in [3.8, 4) is 11.5 Å². The van der Waals surface area contributed by atoms with Crippen LogP contribution in [0.4, 0.5) is 0 Å². The molecular weight excluding hydrogens is 250 g/mol. The third-order valence-corrected chi connectivity index (χ3v) is 2.81. The SMILES string of the molecule is COC(=O)CC(=O)N(C)Cc1ccc2c(c1)OCO2. The summed E-state index contributed by atoms with van der Waals surface area (Å²) in [6, 6.07) is 5.48. The molecular formula is C13H15NO5. The largest absolute Gasteiger partial charge is 0.469 e. The van der Waals surface area contributed by atoms with Crippen molar-refractivity contribution in [1.82, 2.24) is 4.90 Å². The van der Waals surface area contributed by atoms with E-state index in [0.29, 0.717) is 18.0 Å². The average Bonchev–Trinajstić information content (AvgIpc) is 2.85. The first-order valence-electron chi connectivity index (χ1n) is 5.79. The molecule has 1 amide bonds. The number of rotatable bonds is 4. The van der Waals surface area contributed by atoms with Gasteiger partial charge in [0.05, 0.1) is 7.11 Å². The molecule has 102 valence electrons. The Hall–Kier alpha value is -2.24. The summed E-state index contributed by atoms with van der Waals surface area (Å²) in [6.45, 7) is 0.613. The van der Waals surface area contributed by atoms with Crippen LogP contribution in [0, 0.1) is 0 Å². The van der Waals surface area contributed by atoms with Gasteiger partial charge in [-0.05, 0) is 17.7 Å². The number of benzene rings is 1. The van der Waals surface area contributed by atoms with Crippen molar-refractivity contribution in [3.05, 3.63) is 23.8 Å². The maximum atomic E-state index is 11.7. The van der Waals surface area contributed by atoms with Crippen molar-refractivity contribution in [1.29, 1.82) is 0 Å². The van der Waals surface area contributed by atoms with Gasteiger partial charge < -0.3 is 19.1 Å². The highest BCUT2D eigenvalue weighted by molar-refractivity contribution is 5.94. The Bertz CT molecular complexity index is 500. The van der Waals surface area contributed by atoms with E-state index in [1.54, 1.807) is 13.1 Å². The number of amides is 1. The number of esters is 1. The van der Waals surface area contributed by atoms with Gasteiger partial charge >= 0.3 is 5.97 Å². The molecule has 0 aromatic heterocycles. The standard InChI is InChI=1S/C13H15NO5/c1-14(12(15)6-13(16)17-2)7-9-3-4-10-11(5-9)19-8-18-10/h3-5H,6-8H2,1-2H3. The highest BCUT2D eigenvalue weighted by atomic mass is 16.7. The van der Waals surface area contributed by atoms with Crippen molar-refractivity contribution in [2.24, 2.45) is 0 Å². The zero-order valence-electron chi connectivity index (χ0n) is 10.8. The van der Waals surface area contributed by atoms with E-state index in [-0.39, 0.29) is 19.1 Å². The van der Waals surface area contributed by atoms with Crippen molar-refractivity contribution in [3.63, 3.8) is 0 Å². The summed E-state index contributed by atoms with van der Waals surface area (Å²) in [5, 5.41) is 0. The van der Waals surface area contributed by atoms with Crippen LogP contribution in [0.1, 0.15) is 12.0 Å². The van der Waals surface area contributed by atoms with Crippen LogP contribution in [0.3, 0.4) is 0 Å². The minimum atomic E-state index is -0.539. The van der Waals surface area contributed by atoms with Crippen molar-refractivity contribution in [2.75, 3.05) is 21.0 Å². The predicted molar refractivity (Wildman–Crippen MR) is 65.7 cm³/mol. The van der Waals surface area contributed by atoms with Crippen LogP contribution in [0.25, 0.3) is 0 Å². The molecule has 1 aromatic carbocycles. The van der Waals surface area contributed by atoms with Crippen LogP contribution in [-0.4, -0.2) is 37.7 Å². The second-order valence-corrected chi connectivity index (χ2v) is 4.19. The Morgan fingerprint density at radius 1 is 1.32 bits per heavy atom. The number of nitrogens with zero attached hydrogens (tertiary/aromatic N) is 1. The van der Waals surface area contributed by atoms with E-state index in [4.69, 9.17) is 9.47 Å². The molecule has 0 bridgehead atoms. The molecule has 2 rings (SSSR count). The Kier molecular flexibility index (Phi) is 3.89. The van der Waals surface area contributed by atoms with Gasteiger partial charge in [0.2, 0.25) is 12.7 Å². The first-order valence-corrected chi connectivity index (χ1v) is 5.79. The van der Waals surface area contributed by atoms with E-state index < -0.39 is 5.97 Å². The van der Waals surface area contributed by atoms with Crippen LogP contribution in [0.2, 0.25) is 0 Å².